The number of imidazole rings is 1. The van der Waals surface area contributed by atoms with Gasteiger partial charge >= 0.3 is 0 Å². The fourth-order valence-electron chi connectivity index (χ4n) is 2.60. The van der Waals surface area contributed by atoms with Crippen molar-refractivity contribution >= 4 is 5.82 Å². The van der Waals surface area contributed by atoms with Crippen LogP contribution in [0.4, 0.5) is 5.82 Å². The van der Waals surface area contributed by atoms with E-state index in [4.69, 9.17) is 10.5 Å². The van der Waals surface area contributed by atoms with Crippen molar-refractivity contribution in [3.8, 4) is 17.0 Å². The molecule has 3 rings (SSSR count). The smallest absolute Gasteiger partial charge is 0.132 e. The third-order valence-corrected chi connectivity index (χ3v) is 3.89. The highest BCUT2D eigenvalue weighted by atomic mass is 16.5. The molecule has 0 saturated heterocycles. The van der Waals surface area contributed by atoms with Crippen molar-refractivity contribution in [1.29, 1.82) is 0 Å². The van der Waals surface area contributed by atoms with Crippen LogP contribution in [0.5, 0.6) is 5.75 Å². The molecule has 0 saturated carbocycles. The molecule has 122 valence electrons. The van der Waals surface area contributed by atoms with E-state index in [0.29, 0.717) is 19.0 Å². The van der Waals surface area contributed by atoms with E-state index in [0.717, 1.165) is 28.4 Å². The van der Waals surface area contributed by atoms with E-state index >= 15 is 0 Å². The van der Waals surface area contributed by atoms with E-state index in [1.165, 1.54) is 0 Å². The third-order valence-electron chi connectivity index (χ3n) is 3.89. The minimum atomic E-state index is 0.551. The number of aryl methyl sites for hydroxylation is 1. The Balaban J connectivity index is 1.75. The number of aromatic nitrogens is 2. The first-order chi connectivity index (χ1) is 11.7. The number of nitrogens with two attached hydrogens (primary N) is 1. The summed E-state index contributed by atoms with van der Waals surface area (Å²) in [5, 5.41) is 0. The van der Waals surface area contributed by atoms with Crippen LogP contribution in [-0.2, 0) is 13.2 Å². The van der Waals surface area contributed by atoms with Gasteiger partial charge in [0.2, 0.25) is 0 Å². The summed E-state index contributed by atoms with van der Waals surface area (Å²) in [4.78, 5) is 4.57. The number of hydrogen-bond acceptors (Lipinski definition) is 3. The lowest BCUT2D eigenvalue weighted by molar-refractivity contribution is 0.306. The van der Waals surface area contributed by atoms with Gasteiger partial charge in [-0.05, 0) is 36.8 Å². The van der Waals surface area contributed by atoms with Gasteiger partial charge in [-0.1, -0.05) is 36.4 Å². The molecule has 2 aromatic carbocycles. The summed E-state index contributed by atoms with van der Waals surface area (Å²) in [5.41, 5.74) is 9.13. The fraction of sp³-hybridized carbons (Fsp3) is 0.150. The maximum Gasteiger partial charge on any atom is 0.132 e. The monoisotopic (exact) mass is 319 g/mol. The highest BCUT2D eigenvalue weighted by Gasteiger charge is 2.12. The van der Waals surface area contributed by atoms with Gasteiger partial charge in [-0.3, -0.25) is 0 Å². The Morgan fingerprint density at radius 1 is 1.12 bits per heavy atom. The van der Waals surface area contributed by atoms with E-state index in [-0.39, 0.29) is 0 Å². The maximum absolute atomic E-state index is 6.22. The van der Waals surface area contributed by atoms with Crippen molar-refractivity contribution in [3.63, 3.8) is 0 Å². The lowest BCUT2D eigenvalue weighted by Crippen LogP contribution is -2.03. The Morgan fingerprint density at radius 2 is 1.83 bits per heavy atom. The summed E-state index contributed by atoms with van der Waals surface area (Å²) in [6.07, 6.45) is 1.81. The summed E-state index contributed by atoms with van der Waals surface area (Å²) in [6.45, 7) is 6.91. The minimum absolute atomic E-state index is 0.551. The first-order valence-corrected chi connectivity index (χ1v) is 7.89. The summed E-state index contributed by atoms with van der Waals surface area (Å²) < 4.78 is 7.76. The SMILES string of the molecule is C=CCn1c(C)nc(-c2ccc(OCc3ccccc3)cc2)c1N. The van der Waals surface area contributed by atoms with Crippen molar-refractivity contribution in [3.05, 3.63) is 78.6 Å². The number of anilines is 1. The van der Waals surface area contributed by atoms with Gasteiger partial charge in [-0.25, -0.2) is 4.98 Å². The summed E-state index contributed by atoms with van der Waals surface area (Å²) in [5.74, 6) is 2.36. The van der Waals surface area contributed by atoms with Crippen molar-refractivity contribution in [2.75, 3.05) is 5.73 Å². The molecule has 4 nitrogen and oxygen atoms in total. The predicted molar refractivity (Wildman–Crippen MR) is 97.8 cm³/mol. The molecule has 0 radical (unpaired) electrons. The topological polar surface area (TPSA) is 53.1 Å². The van der Waals surface area contributed by atoms with E-state index in [1.807, 2.05) is 72.2 Å². The van der Waals surface area contributed by atoms with Gasteiger partial charge in [-0.2, -0.15) is 0 Å². The molecule has 0 aliphatic rings. The summed E-state index contributed by atoms with van der Waals surface area (Å²) in [7, 11) is 0. The van der Waals surface area contributed by atoms with E-state index in [9.17, 15) is 0 Å². The molecule has 0 aliphatic heterocycles. The molecule has 1 heterocycles. The quantitative estimate of drug-likeness (QED) is 0.693. The van der Waals surface area contributed by atoms with Gasteiger partial charge in [0.05, 0.1) is 0 Å². The zero-order chi connectivity index (χ0) is 16.9. The van der Waals surface area contributed by atoms with Crippen molar-refractivity contribution in [1.82, 2.24) is 9.55 Å². The molecule has 0 unspecified atom stereocenters. The molecule has 3 aromatic rings. The van der Waals surface area contributed by atoms with Gasteiger partial charge in [-0.15, -0.1) is 6.58 Å². The van der Waals surface area contributed by atoms with Crippen LogP contribution in [0.25, 0.3) is 11.3 Å². The number of allylic oxidation sites excluding steroid dienone is 1. The van der Waals surface area contributed by atoms with Crippen LogP contribution in [0.3, 0.4) is 0 Å². The lowest BCUT2D eigenvalue weighted by atomic mass is 10.1. The lowest BCUT2D eigenvalue weighted by Gasteiger charge is -2.07. The largest absolute Gasteiger partial charge is 0.489 e. The number of nitrogen functional groups attached to an aromatic ring is 1. The van der Waals surface area contributed by atoms with Crippen molar-refractivity contribution < 1.29 is 4.74 Å². The molecule has 24 heavy (non-hydrogen) atoms. The normalized spacial score (nSPS) is 10.5. The Bertz CT molecular complexity index is 820. The molecule has 0 bridgehead atoms. The van der Waals surface area contributed by atoms with E-state index in [1.54, 1.807) is 0 Å². The Labute approximate surface area is 142 Å². The van der Waals surface area contributed by atoms with Gasteiger partial charge < -0.3 is 15.0 Å². The van der Waals surface area contributed by atoms with Crippen LogP contribution >= 0.6 is 0 Å². The minimum Gasteiger partial charge on any atom is -0.489 e. The summed E-state index contributed by atoms with van der Waals surface area (Å²) in [6, 6.07) is 18.0. The van der Waals surface area contributed by atoms with Gasteiger partial charge in [0.25, 0.3) is 0 Å². The molecule has 0 amide bonds. The molecule has 0 spiro atoms. The Kier molecular flexibility index (Phi) is 4.66. The van der Waals surface area contributed by atoms with E-state index in [2.05, 4.69) is 11.6 Å². The van der Waals surface area contributed by atoms with Crippen LogP contribution < -0.4 is 10.5 Å². The highest BCUT2D eigenvalue weighted by molar-refractivity contribution is 5.71. The molecule has 4 heteroatoms. The van der Waals surface area contributed by atoms with Crippen LogP contribution in [-0.4, -0.2) is 9.55 Å². The summed E-state index contributed by atoms with van der Waals surface area (Å²) >= 11 is 0. The standard InChI is InChI=1S/C20H21N3O/c1-3-13-23-15(2)22-19(20(23)21)17-9-11-18(12-10-17)24-14-16-7-5-4-6-8-16/h3-12H,1,13-14,21H2,2H3. The number of ether oxygens (including phenoxy) is 1. The molecule has 2 N–H and O–H groups in total. The number of nitrogens with zero attached hydrogens (tertiary/aromatic N) is 2. The molecule has 0 atom stereocenters. The number of rotatable bonds is 6. The number of benzene rings is 2. The van der Waals surface area contributed by atoms with Gasteiger partial charge in [0.15, 0.2) is 0 Å². The number of hydrogen-bond donors (Lipinski definition) is 1. The van der Waals surface area contributed by atoms with Crippen LogP contribution in [0.15, 0.2) is 67.3 Å². The Morgan fingerprint density at radius 3 is 2.50 bits per heavy atom. The Hall–Kier alpha value is -3.01. The molecule has 1 aromatic heterocycles. The average Bonchev–Trinajstić information content (AvgIpc) is 2.90. The highest BCUT2D eigenvalue weighted by Crippen LogP contribution is 2.28. The molecule has 0 fully saturated rings. The molecular weight excluding hydrogens is 298 g/mol. The first-order valence-electron chi connectivity index (χ1n) is 7.89. The predicted octanol–water partition coefficient (Wildman–Crippen LogP) is 4.21. The second kappa shape index (κ2) is 7.04. The zero-order valence-electron chi connectivity index (χ0n) is 13.8. The molecular formula is C20H21N3O. The van der Waals surface area contributed by atoms with Gasteiger partial charge in [0.1, 0.15) is 29.7 Å². The third kappa shape index (κ3) is 3.33. The first kappa shape index (κ1) is 15.9. The van der Waals surface area contributed by atoms with Crippen LogP contribution in [0, 0.1) is 6.92 Å². The molecule has 0 aliphatic carbocycles. The maximum atomic E-state index is 6.22. The van der Waals surface area contributed by atoms with Gasteiger partial charge in [0, 0.05) is 12.1 Å². The van der Waals surface area contributed by atoms with E-state index < -0.39 is 0 Å². The van der Waals surface area contributed by atoms with Crippen LogP contribution in [0.2, 0.25) is 0 Å². The second-order valence-electron chi connectivity index (χ2n) is 5.59. The van der Waals surface area contributed by atoms with Crippen molar-refractivity contribution in [2.24, 2.45) is 0 Å². The average molecular weight is 319 g/mol. The van der Waals surface area contributed by atoms with Crippen LogP contribution in [0.1, 0.15) is 11.4 Å². The zero-order valence-corrected chi connectivity index (χ0v) is 13.8. The fourth-order valence-corrected chi connectivity index (χ4v) is 2.60. The van der Waals surface area contributed by atoms with Crippen molar-refractivity contribution in [2.45, 2.75) is 20.1 Å². The second-order valence-corrected chi connectivity index (χ2v) is 5.59.